The summed E-state index contributed by atoms with van der Waals surface area (Å²) in [6, 6.07) is 20.2. The molecular weight excluding hydrogens is 368 g/mol. The standard InChI is InChI=1S/C22H22N4O3/c1-29-22(28)17-11-5-6-12-18(17)24-21(27)19-13-14-20(26-25-19)23-15-7-10-16-8-3-2-4-9-16/h2-6,8-9,11-14H,7,10,15H2,1H3,(H,23,26)(H,24,27). The molecule has 0 saturated heterocycles. The zero-order valence-electron chi connectivity index (χ0n) is 16.1. The Morgan fingerprint density at radius 3 is 2.41 bits per heavy atom. The molecule has 1 aromatic heterocycles. The van der Waals surface area contributed by atoms with Gasteiger partial charge in [0.1, 0.15) is 5.82 Å². The number of anilines is 2. The number of methoxy groups -OCH3 is 1. The molecule has 0 bridgehead atoms. The summed E-state index contributed by atoms with van der Waals surface area (Å²) >= 11 is 0. The molecule has 3 aromatic rings. The fraction of sp³-hybridized carbons (Fsp3) is 0.182. The van der Waals surface area contributed by atoms with Crippen LogP contribution in [0.15, 0.2) is 66.7 Å². The summed E-state index contributed by atoms with van der Waals surface area (Å²) < 4.78 is 4.73. The second-order valence-electron chi connectivity index (χ2n) is 6.31. The first-order chi connectivity index (χ1) is 14.2. The third-order valence-electron chi connectivity index (χ3n) is 4.27. The van der Waals surface area contributed by atoms with Crippen molar-refractivity contribution in [3.63, 3.8) is 0 Å². The summed E-state index contributed by atoms with van der Waals surface area (Å²) in [4.78, 5) is 24.2. The molecule has 7 heteroatoms. The minimum absolute atomic E-state index is 0.152. The third-order valence-corrected chi connectivity index (χ3v) is 4.27. The van der Waals surface area contributed by atoms with Crippen molar-refractivity contribution >= 4 is 23.4 Å². The Hall–Kier alpha value is -3.74. The molecule has 0 radical (unpaired) electrons. The van der Waals surface area contributed by atoms with Crippen LogP contribution in [0.1, 0.15) is 32.8 Å². The average molecular weight is 390 g/mol. The summed E-state index contributed by atoms with van der Waals surface area (Å²) in [6.45, 7) is 0.752. The van der Waals surface area contributed by atoms with Crippen LogP contribution in [0.5, 0.6) is 0 Å². The van der Waals surface area contributed by atoms with Gasteiger partial charge in [-0.15, -0.1) is 10.2 Å². The molecule has 7 nitrogen and oxygen atoms in total. The number of hydrogen-bond donors (Lipinski definition) is 2. The average Bonchev–Trinajstić information content (AvgIpc) is 2.77. The smallest absolute Gasteiger partial charge is 0.339 e. The second-order valence-corrected chi connectivity index (χ2v) is 6.31. The molecule has 0 saturated carbocycles. The molecule has 0 aliphatic heterocycles. The molecule has 3 rings (SSSR count). The van der Waals surface area contributed by atoms with Crippen LogP contribution in [0, 0.1) is 0 Å². The number of rotatable bonds is 8. The summed E-state index contributed by atoms with van der Waals surface area (Å²) in [5.74, 6) is -0.379. The van der Waals surface area contributed by atoms with Gasteiger partial charge in [-0.3, -0.25) is 4.79 Å². The SMILES string of the molecule is COC(=O)c1ccccc1NC(=O)c1ccc(NCCCc2ccccc2)nn1. The molecule has 0 unspecified atom stereocenters. The Kier molecular flexibility index (Phi) is 6.89. The van der Waals surface area contributed by atoms with Gasteiger partial charge in [0.05, 0.1) is 18.4 Å². The van der Waals surface area contributed by atoms with E-state index in [9.17, 15) is 9.59 Å². The zero-order valence-corrected chi connectivity index (χ0v) is 16.1. The van der Waals surface area contributed by atoms with Crippen molar-refractivity contribution in [2.75, 3.05) is 24.3 Å². The Bertz CT molecular complexity index is 959. The van der Waals surface area contributed by atoms with E-state index in [-0.39, 0.29) is 11.3 Å². The minimum Gasteiger partial charge on any atom is -0.465 e. The molecule has 0 aliphatic rings. The maximum atomic E-state index is 12.4. The number of esters is 1. The number of carbonyl (C=O) groups excluding carboxylic acids is 2. The summed E-state index contributed by atoms with van der Waals surface area (Å²) in [6.07, 6.45) is 1.93. The van der Waals surface area contributed by atoms with Gasteiger partial charge in [-0.25, -0.2) is 4.79 Å². The van der Waals surface area contributed by atoms with E-state index in [1.165, 1.54) is 12.7 Å². The summed E-state index contributed by atoms with van der Waals surface area (Å²) in [5, 5.41) is 13.9. The van der Waals surface area contributed by atoms with Gasteiger partial charge >= 0.3 is 5.97 Å². The highest BCUT2D eigenvalue weighted by Gasteiger charge is 2.15. The predicted molar refractivity (Wildman–Crippen MR) is 111 cm³/mol. The van der Waals surface area contributed by atoms with Crippen LogP contribution in [-0.4, -0.2) is 35.7 Å². The van der Waals surface area contributed by atoms with Crippen LogP contribution < -0.4 is 10.6 Å². The van der Waals surface area contributed by atoms with Gasteiger partial charge in [0.25, 0.3) is 5.91 Å². The molecule has 1 amide bonds. The maximum Gasteiger partial charge on any atom is 0.339 e. The Morgan fingerprint density at radius 2 is 1.69 bits per heavy atom. The van der Waals surface area contributed by atoms with E-state index < -0.39 is 11.9 Å². The monoisotopic (exact) mass is 390 g/mol. The molecule has 0 spiro atoms. The highest BCUT2D eigenvalue weighted by atomic mass is 16.5. The minimum atomic E-state index is -0.526. The van der Waals surface area contributed by atoms with Crippen LogP contribution in [0.2, 0.25) is 0 Å². The molecule has 0 fully saturated rings. The van der Waals surface area contributed by atoms with Crippen molar-refractivity contribution in [2.45, 2.75) is 12.8 Å². The van der Waals surface area contributed by atoms with Crippen molar-refractivity contribution in [1.29, 1.82) is 0 Å². The molecule has 148 valence electrons. The number of aryl methyl sites for hydroxylation is 1. The summed E-state index contributed by atoms with van der Waals surface area (Å²) in [5.41, 5.74) is 2.07. The van der Waals surface area contributed by atoms with Crippen molar-refractivity contribution in [3.8, 4) is 0 Å². The van der Waals surface area contributed by atoms with E-state index in [1.54, 1.807) is 36.4 Å². The topological polar surface area (TPSA) is 93.2 Å². The molecule has 2 aromatic carbocycles. The van der Waals surface area contributed by atoms with Crippen molar-refractivity contribution in [3.05, 3.63) is 83.6 Å². The Balaban J connectivity index is 1.53. The van der Waals surface area contributed by atoms with Gasteiger partial charge in [-0.1, -0.05) is 42.5 Å². The van der Waals surface area contributed by atoms with Crippen LogP contribution in [-0.2, 0) is 11.2 Å². The number of hydrogen-bond acceptors (Lipinski definition) is 6. The molecule has 0 aliphatic carbocycles. The van der Waals surface area contributed by atoms with Crippen LogP contribution in [0.3, 0.4) is 0 Å². The number of para-hydroxylation sites is 1. The van der Waals surface area contributed by atoms with Gasteiger partial charge in [-0.05, 0) is 42.7 Å². The second kappa shape index (κ2) is 9.98. The van der Waals surface area contributed by atoms with Gasteiger partial charge < -0.3 is 15.4 Å². The first-order valence-corrected chi connectivity index (χ1v) is 9.27. The van der Waals surface area contributed by atoms with Crippen molar-refractivity contribution < 1.29 is 14.3 Å². The Labute approximate surface area is 169 Å². The van der Waals surface area contributed by atoms with Gasteiger partial charge in [0, 0.05) is 6.54 Å². The fourth-order valence-corrected chi connectivity index (χ4v) is 2.77. The van der Waals surface area contributed by atoms with Crippen molar-refractivity contribution in [2.24, 2.45) is 0 Å². The lowest BCUT2D eigenvalue weighted by Gasteiger charge is -2.09. The maximum absolute atomic E-state index is 12.4. The van der Waals surface area contributed by atoms with Crippen LogP contribution in [0.25, 0.3) is 0 Å². The van der Waals surface area contributed by atoms with Gasteiger partial charge in [-0.2, -0.15) is 0 Å². The van der Waals surface area contributed by atoms with E-state index >= 15 is 0 Å². The molecule has 0 atom stereocenters. The van der Waals surface area contributed by atoms with E-state index in [0.717, 1.165) is 19.4 Å². The molecular formula is C22H22N4O3. The van der Waals surface area contributed by atoms with E-state index in [1.807, 2.05) is 18.2 Å². The largest absolute Gasteiger partial charge is 0.465 e. The normalized spacial score (nSPS) is 10.2. The highest BCUT2D eigenvalue weighted by Crippen LogP contribution is 2.17. The number of nitrogens with one attached hydrogen (secondary N) is 2. The molecule has 2 N–H and O–H groups in total. The number of carbonyl (C=O) groups is 2. The van der Waals surface area contributed by atoms with Crippen molar-refractivity contribution in [1.82, 2.24) is 10.2 Å². The number of ether oxygens (including phenoxy) is 1. The lowest BCUT2D eigenvalue weighted by Crippen LogP contribution is -2.17. The number of benzene rings is 2. The van der Waals surface area contributed by atoms with Gasteiger partial charge in [0.2, 0.25) is 0 Å². The lowest BCUT2D eigenvalue weighted by atomic mass is 10.1. The summed E-state index contributed by atoms with van der Waals surface area (Å²) in [7, 11) is 1.29. The third kappa shape index (κ3) is 5.62. The van der Waals surface area contributed by atoms with Crippen LogP contribution in [0.4, 0.5) is 11.5 Å². The zero-order chi connectivity index (χ0) is 20.5. The van der Waals surface area contributed by atoms with Gasteiger partial charge in [0.15, 0.2) is 5.69 Å². The van der Waals surface area contributed by atoms with E-state index in [4.69, 9.17) is 4.74 Å². The molecule has 1 heterocycles. The van der Waals surface area contributed by atoms with E-state index in [2.05, 4.69) is 33.0 Å². The fourth-order valence-electron chi connectivity index (χ4n) is 2.77. The van der Waals surface area contributed by atoms with Crippen LogP contribution >= 0.6 is 0 Å². The number of nitrogens with zero attached hydrogens (tertiary/aromatic N) is 2. The van der Waals surface area contributed by atoms with E-state index in [0.29, 0.717) is 11.5 Å². The number of amides is 1. The highest BCUT2D eigenvalue weighted by molar-refractivity contribution is 6.07. The lowest BCUT2D eigenvalue weighted by molar-refractivity contribution is 0.0602. The first kappa shape index (κ1) is 20.0. The first-order valence-electron chi connectivity index (χ1n) is 9.27. The Morgan fingerprint density at radius 1 is 0.931 bits per heavy atom. The quantitative estimate of drug-likeness (QED) is 0.451. The predicted octanol–water partition coefficient (Wildman–Crippen LogP) is 3.56. The number of aromatic nitrogens is 2. The molecule has 29 heavy (non-hydrogen) atoms.